The maximum Gasteiger partial charge on any atom is 0.272 e. The molecule has 0 fully saturated rings. The van der Waals surface area contributed by atoms with Crippen molar-refractivity contribution in [1.29, 1.82) is 0 Å². The number of nitrogens with one attached hydrogen (secondary N) is 3. The molecule has 0 unspecified atom stereocenters. The first-order valence-electron chi connectivity index (χ1n) is 9.91. The molecule has 0 atom stereocenters. The number of aromatic amines is 3. The summed E-state index contributed by atoms with van der Waals surface area (Å²) in [5.74, 6) is -0.0831. The van der Waals surface area contributed by atoms with Gasteiger partial charge >= 0.3 is 0 Å². The van der Waals surface area contributed by atoms with E-state index in [4.69, 9.17) is 11.6 Å². The average molecular weight is 443 g/mol. The Bertz CT molecular complexity index is 1370. The van der Waals surface area contributed by atoms with Crippen LogP contribution in [-0.4, -0.2) is 25.0 Å². The number of benzene rings is 1. The zero-order chi connectivity index (χ0) is 23.1. The van der Waals surface area contributed by atoms with Crippen LogP contribution in [0.1, 0.15) is 64.1 Å². The van der Waals surface area contributed by atoms with Gasteiger partial charge in [-0.2, -0.15) is 0 Å². The summed E-state index contributed by atoms with van der Waals surface area (Å²) >= 11 is 6.51. The van der Waals surface area contributed by atoms with Crippen LogP contribution in [0.4, 0.5) is 0 Å². The molecule has 8 heteroatoms. The number of aromatic nitrogens is 4. The van der Waals surface area contributed by atoms with E-state index in [1.165, 1.54) is 18.2 Å². The summed E-state index contributed by atoms with van der Waals surface area (Å²) in [7, 11) is 0. The third kappa shape index (κ3) is 4.66. The maximum atomic E-state index is 12.7. The smallest absolute Gasteiger partial charge is 0.272 e. The van der Waals surface area contributed by atoms with Gasteiger partial charge in [-0.3, -0.25) is 9.59 Å². The van der Waals surface area contributed by atoms with Crippen LogP contribution in [0, 0.1) is 0 Å². The Morgan fingerprint density at radius 1 is 0.935 bits per heavy atom. The predicted molar refractivity (Wildman–Crippen MR) is 123 cm³/mol. The molecule has 0 spiro atoms. The second-order valence-corrected chi connectivity index (χ2v) is 9.92. The molecular weight excluding hydrogens is 416 g/mol. The number of halogens is 1. The molecule has 0 amide bonds. The van der Waals surface area contributed by atoms with Crippen LogP contribution in [0.5, 0.6) is 5.75 Å². The summed E-state index contributed by atoms with van der Waals surface area (Å²) in [4.78, 5) is 37.8. The van der Waals surface area contributed by atoms with Crippen molar-refractivity contribution in [2.24, 2.45) is 0 Å². The molecule has 164 valence electrons. The highest BCUT2D eigenvalue weighted by Crippen LogP contribution is 2.36. The second kappa shape index (κ2) is 7.89. The number of phenolic OH excluding ortho intramolecular Hbond substituents is 1. The monoisotopic (exact) mass is 442 g/mol. The summed E-state index contributed by atoms with van der Waals surface area (Å²) in [6, 6.07) is 3.27. The molecule has 3 aromatic rings. The van der Waals surface area contributed by atoms with E-state index < -0.39 is 11.1 Å². The molecule has 0 radical (unpaired) electrons. The molecule has 0 saturated carbocycles. The van der Waals surface area contributed by atoms with Crippen molar-refractivity contribution in [2.75, 3.05) is 0 Å². The van der Waals surface area contributed by atoms with Gasteiger partial charge in [0, 0.05) is 16.7 Å². The quantitative estimate of drug-likeness (QED) is 0.487. The van der Waals surface area contributed by atoms with Crippen molar-refractivity contribution in [3.8, 4) is 5.75 Å². The molecule has 0 aliphatic carbocycles. The predicted octanol–water partition coefficient (Wildman–Crippen LogP) is 2.40. The lowest BCUT2D eigenvalue weighted by atomic mass is 9.86. The van der Waals surface area contributed by atoms with Crippen molar-refractivity contribution in [3.05, 3.63) is 77.4 Å². The molecule has 2 aromatic heterocycles. The van der Waals surface area contributed by atoms with Crippen LogP contribution < -0.4 is 21.8 Å². The van der Waals surface area contributed by atoms with Gasteiger partial charge in [0.1, 0.15) is 16.4 Å². The van der Waals surface area contributed by atoms with Gasteiger partial charge in [0.05, 0.1) is 17.0 Å². The first-order chi connectivity index (χ1) is 14.3. The molecule has 1 aromatic carbocycles. The van der Waals surface area contributed by atoms with Gasteiger partial charge in [0.15, 0.2) is 0 Å². The third-order valence-corrected chi connectivity index (χ3v) is 5.35. The van der Waals surface area contributed by atoms with Crippen molar-refractivity contribution in [2.45, 2.75) is 52.4 Å². The van der Waals surface area contributed by atoms with Crippen LogP contribution >= 0.6 is 11.6 Å². The lowest BCUT2D eigenvalue weighted by Crippen LogP contribution is -2.46. The topological polar surface area (TPSA) is 115 Å². The average Bonchev–Trinajstić information content (AvgIpc) is 3.10. The Kier molecular flexibility index (Phi) is 5.76. The lowest BCUT2D eigenvalue weighted by molar-refractivity contribution is 0.472. The zero-order valence-corrected chi connectivity index (χ0v) is 19.2. The van der Waals surface area contributed by atoms with Crippen molar-refractivity contribution in [3.63, 3.8) is 0 Å². The number of aromatic hydroxyl groups is 1. The van der Waals surface area contributed by atoms with Crippen LogP contribution in [0.25, 0.3) is 12.2 Å². The highest BCUT2D eigenvalue weighted by Gasteiger charge is 2.21. The van der Waals surface area contributed by atoms with Gasteiger partial charge < -0.3 is 20.1 Å². The Labute approximate surface area is 184 Å². The Balaban J connectivity index is 2.20. The number of hydrogen-bond donors (Lipinski definition) is 4. The van der Waals surface area contributed by atoms with Crippen molar-refractivity contribution >= 4 is 23.8 Å². The SMILES string of the molecule is CC(C)(C)c1ccc(O)c(C=c2[nH]c(=O)c(=Cc3nc[nH]c3C(C)(C)C)[nH]c2=O)c1Cl. The second-order valence-electron chi connectivity index (χ2n) is 9.55. The van der Waals surface area contributed by atoms with Crippen LogP contribution in [0.3, 0.4) is 0 Å². The summed E-state index contributed by atoms with van der Waals surface area (Å²) in [6.07, 6.45) is 4.46. The van der Waals surface area contributed by atoms with Crippen molar-refractivity contribution in [1.82, 2.24) is 19.9 Å². The third-order valence-electron chi connectivity index (χ3n) is 4.94. The molecule has 3 rings (SSSR count). The van der Waals surface area contributed by atoms with Gasteiger partial charge in [-0.05, 0) is 29.2 Å². The summed E-state index contributed by atoms with van der Waals surface area (Å²) in [5, 5.41) is 10.7. The van der Waals surface area contributed by atoms with Gasteiger partial charge in [0.25, 0.3) is 11.1 Å². The van der Waals surface area contributed by atoms with E-state index in [1.54, 1.807) is 12.4 Å². The van der Waals surface area contributed by atoms with Gasteiger partial charge in [-0.15, -0.1) is 0 Å². The number of phenols is 1. The molecule has 0 aliphatic heterocycles. The molecular formula is C23H27ClN4O3. The number of hydrogen-bond acceptors (Lipinski definition) is 4. The fourth-order valence-electron chi connectivity index (χ4n) is 3.29. The van der Waals surface area contributed by atoms with Crippen LogP contribution in [-0.2, 0) is 10.8 Å². The molecule has 7 nitrogen and oxygen atoms in total. The normalized spacial score (nSPS) is 13.8. The molecule has 0 aliphatic rings. The molecule has 4 N–H and O–H groups in total. The summed E-state index contributed by atoms with van der Waals surface area (Å²) in [5.41, 5.74) is 1.02. The first-order valence-corrected chi connectivity index (χ1v) is 10.3. The fourth-order valence-corrected chi connectivity index (χ4v) is 3.79. The summed E-state index contributed by atoms with van der Waals surface area (Å²) < 4.78 is 0. The minimum Gasteiger partial charge on any atom is -0.507 e. The van der Waals surface area contributed by atoms with Crippen molar-refractivity contribution < 1.29 is 5.11 Å². The molecule has 2 heterocycles. The van der Waals surface area contributed by atoms with E-state index in [9.17, 15) is 14.7 Å². The Morgan fingerprint density at radius 2 is 1.52 bits per heavy atom. The highest BCUT2D eigenvalue weighted by atomic mass is 35.5. The van der Waals surface area contributed by atoms with E-state index in [1.807, 2.05) is 41.5 Å². The fraction of sp³-hybridized carbons (Fsp3) is 0.348. The largest absolute Gasteiger partial charge is 0.507 e. The molecule has 31 heavy (non-hydrogen) atoms. The molecule has 0 saturated heterocycles. The standard InChI is InChI=1S/C23H27ClN4O3/c1-22(2,3)13-7-8-17(29)12(18(13)24)9-15-20(30)28-16(21(31)27-15)10-14-19(23(4,5)6)26-11-25-14/h7-11,29H,1-6H3,(H,25,26)(H,27,31)(H,28,30). The first kappa shape index (κ1) is 22.6. The highest BCUT2D eigenvalue weighted by molar-refractivity contribution is 6.33. The molecule has 0 bridgehead atoms. The van der Waals surface area contributed by atoms with Crippen LogP contribution in [0.15, 0.2) is 28.0 Å². The number of nitrogens with zero attached hydrogens (tertiary/aromatic N) is 1. The lowest BCUT2D eigenvalue weighted by Gasteiger charge is -2.22. The van der Waals surface area contributed by atoms with E-state index in [0.717, 1.165) is 11.3 Å². The Hall–Kier alpha value is -3.06. The number of rotatable bonds is 2. The zero-order valence-electron chi connectivity index (χ0n) is 18.5. The van der Waals surface area contributed by atoms with E-state index in [-0.39, 0.29) is 32.8 Å². The maximum absolute atomic E-state index is 12.7. The number of H-pyrrole nitrogens is 3. The van der Waals surface area contributed by atoms with E-state index in [0.29, 0.717) is 10.7 Å². The van der Waals surface area contributed by atoms with Gasteiger partial charge in [-0.25, -0.2) is 4.98 Å². The number of imidazole rings is 1. The van der Waals surface area contributed by atoms with E-state index in [2.05, 4.69) is 19.9 Å². The minimum absolute atomic E-state index is 0.0107. The van der Waals surface area contributed by atoms with Gasteiger partial charge in [0.2, 0.25) is 0 Å². The van der Waals surface area contributed by atoms with E-state index >= 15 is 0 Å². The Morgan fingerprint density at radius 3 is 2.06 bits per heavy atom. The van der Waals surface area contributed by atoms with Crippen LogP contribution in [0.2, 0.25) is 5.02 Å². The summed E-state index contributed by atoms with van der Waals surface area (Å²) in [6.45, 7) is 12.0. The minimum atomic E-state index is -0.518. The van der Waals surface area contributed by atoms with Gasteiger partial charge in [-0.1, -0.05) is 59.2 Å².